The van der Waals surface area contributed by atoms with E-state index in [1.54, 1.807) is 4.90 Å². The Balaban J connectivity index is 1.93. The number of carbonyl (C=O) groups is 1. The minimum absolute atomic E-state index is 0.00167. The average Bonchev–Trinajstić information content (AvgIpc) is 3.14. The van der Waals surface area contributed by atoms with Crippen LogP contribution in [-0.4, -0.2) is 30.1 Å². The predicted octanol–water partition coefficient (Wildman–Crippen LogP) is 1.32. The van der Waals surface area contributed by atoms with Crippen LogP contribution in [0, 0.1) is 0 Å². The third-order valence-electron chi connectivity index (χ3n) is 2.81. The van der Waals surface area contributed by atoms with Gasteiger partial charge in [-0.15, -0.1) is 0 Å². The molecule has 1 aromatic carbocycles. The van der Waals surface area contributed by atoms with Crippen LogP contribution < -0.4 is 11.1 Å². The standard InChI is InChI=1S/C13H19N3O/c14-8-9-16(13(17)15-12-6-7-12)10-11-4-2-1-3-5-11/h1-5,12H,6-10,14H2,(H,15,17). The first kappa shape index (κ1) is 11.9. The molecule has 3 N–H and O–H groups in total. The quantitative estimate of drug-likeness (QED) is 0.806. The fourth-order valence-corrected chi connectivity index (χ4v) is 1.71. The Kier molecular flexibility index (Phi) is 3.98. The molecule has 92 valence electrons. The maximum absolute atomic E-state index is 11.9. The summed E-state index contributed by atoms with van der Waals surface area (Å²) in [6.45, 7) is 1.70. The number of nitrogens with zero attached hydrogens (tertiary/aromatic N) is 1. The van der Waals surface area contributed by atoms with Crippen LogP contribution in [-0.2, 0) is 6.54 Å². The highest BCUT2D eigenvalue weighted by atomic mass is 16.2. The summed E-state index contributed by atoms with van der Waals surface area (Å²) in [4.78, 5) is 13.7. The topological polar surface area (TPSA) is 58.4 Å². The molecule has 0 aromatic heterocycles. The summed E-state index contributed by atoms with van der Waals surface area (Å²) in [5, 5.41) is 2.99. The molecule has 1 fully saturated rings. The summed E-state index contributed by atoms with van der Waals surface area (Å²) in [5.74, 6) is 0. The van der Waals surface area contributed by atoms with E-state index >= 15 is 0 Å². The molecule has 2 amide bonds. The predicted molar refractivity (Wildman–Crippen MR) is 67.5 cm³/mol. The average molecular weight is 233 g/mol. The SMILES string of the molecule is NCCN(Cc1ccccc1)C(=O)NC1CC1. The Morgan fingerprint density at radius 3 is 2.65 bits per heavy atom. The summed E-state index contributed by atoms with van der Waals surface area (Å²) in [5.41, 5.74) is 6.68. The van der Waals surface area contributed by atoms with Crippen molar-refractivity contribution >= 4 is 6.03 Å². The van der Waals surface area contributed by atoms with E-state index in [9.17, 15) is 4.79 Å². The van der Waals surface area contributed by atoms with Gasteiger partial charge in [0.05, 0.1) is 0 Å². The summed E-state index contributed by atoms with van der Waals surface area (Å²) < 4.78 is 0. The number of nitrogens with two attached hydrogens (primary N) is 1. The smallest absolute Gasteiger partial charge is 0.317 e. The third-order valence-corrected chi connectivity index (χ3v) is 2.81. The molecule has 0 saturated heterocycles. The highest BCUT2D eigenvalue weighted by Crippen LogP contribution is 2.19. The van der Waals surface area contributed by atoms with Crippen LogP contribution in [0.2, 0.25) is 0 Å². The first-order chi connectivity index (χ1) is 8.29. The summed E-state index contributed by atoms with van der Waals surface area (Å²) in [6.07, 6.45) is 2.21. The van der Waals surface area contributed by atoms with Crippen LogP contribution in [0.4, 0.5) is 4.79 Å². The molecule has 0 heterocycles. The molecule has 1 aliphatic carbocycles. The van der Waals surface area contributed by atoms with Gasteiger partial charge in [-0.05, 0) is 18.4 Å². The van der Waals surface area contributed by atoms with E-state index in [0.717, 1.165) is 18.4 Å². The van der Waals surface area contributed by atoms with E-state index in [0.29, 0.717) is 25.7 Å². The Bertz CT molecular complexity index is 362. The van der Waals surface area contributed by atoms with Crippen LogP contribution in [0.5, 0.6) is 0 Å². The molecule has 0 atom stereocenters. The van der Waals surface area contributed by atoms with Crippen molar-refractivity contribution in [1.82, 2.24) is 10.2 Å². The number of amides is 2. The second-order valence-corrected chi connectivity index (χ2v) is 4.42. The highest BCUT2D eigenvalue weighted by Gasteiger charge is 2.25. The normalized spacial score (nSPS) is 14.4. The van der Waals surface area contributed by atoms with Crippen molar-refractivity contribution in [2.24, 2.45) is 5.73 Å². The minimum atomic E-state index is 0.00167. The molecule has 17 heavy (non-hydrogen) atoms. The van der Waals surface area contributed by atoms with E-state index in [-0.39, 0.29) is 6.03 Å². The van der Waals surface area contributed by atoms with Crippen LogP contribution in [0.3, 0.4) is 0 Å². The number of nitrogens with one attached hydrogen (secondary N) is 1. The zero-order valence-corrected chi connectivity index (χ0v) is 9.93. The van der Waals surface area contributed by atoms with Crippen molar-refractivity contribution in [3.05, 3.63) is 35.9 Å². The number of hydrogen-bond donors (Lipinski definition) is 2. The lowest BCUT2D eigenvalue weighted by Crippen LogP contribution is -2.42. The molecule has 0 unspecified atom stereocenters. The lowest BCUT2D eigenvalue weighted by Gasteiger charge is -2.22. The third kappa shape index (κ3) is 3.75. The Labute approximate surface area is 102 Å². The molecule has 4 nitrogen and oxygen atoms in total. The van der Waals surface area contributed by atoms with Gasteiger partial charge < -0.3 is 16.0 Å². The highest BCUT2D eigenvalue weighted by molar-refractivity contribution is 5.74. The lowest BCUT2D eigenvalue weighted by molar-refractivity contribution is 0.196. The van der Waals surface area contributed by atoms with E-state index < -0.39 is 0 Å². The van der Waals surface area contributed by atoms with E-state index in [1.807, 2.05) is 30.3 Å². The van der Waals surface area contributed by atoms with Crippen LogP contribution >= 0.6 is 0 Å². The van der Waals surface area contributed by atoms with Crippen molar-refractivity contribution in [3.8, 4) is 0 Å². The number of hydrogen-bond acceptors (Lipinski definition) is 2. The van der Waals surface area contributed by atoms with Gasteiger partial charge in [-0.25, -0.2) is 4.79 Å². The van der Waals surface area contributed by atoms with Crippen molar-refractivity contribution in [2.45, 2.75) is 25.4 Å². The lowest BCUT2D eigenvalue weighted by atomic mass is 10.2. The number of benzene rings is 1. The maximum Gasteiger partial charge on any atom is 0.317 e. The largest absolute Gasteiger partial charge is 0.335 e. The van der Waals surface area contributed by atoms with E-state index in [1.165, 1.54) is 0 Å². The van der Waals surface area contributed by atoms with Gasteiger partial charge >= 0.3 is 6.03 Å². The summed E-state index contributed by atoms with van der Waals surface area (Å²) in [6, 6.07) is 10.4. The fraction of sp³-hybridized carbons (Fsp3) is 0.462. The fourth-order valence-electron chi connectivity index (χ4n) is 1.71. The van der Waals surface area contributed by atoms with Gasteiger partial charge in [0.2, 0.25) is 0 Å². The molecule has 4 heteroatoms. The van der Waals surface area contributed by atoms with Crippen molar-refractivity contribution in [1.29, 1.82) is 0 Å². The Hall–Kier alpha value is -1.55. The molecule has 0 radical (unpaired) electrons. The molecule has 2 rings (SSSR count). The second kappa shape index (κ2) is 5.68. The maximum atomic E-state index is 11.9. The van der Waals surface area contributed by atoms with Gasteiger partial charge in [0.1, 0.15) is 0 Å². The minimum Gasteiger partial charge on any atom is -0.335 e. The van der Waals surface area contributed by atoms with Crippen LogP contribution in [0.15, 0.2) is 30.3 Å². The van der Waals surface area contributed by atoms with Crippen LogP contribution in [0.25, 0.3) is 0 Å². The zero-order valence-electron chi connectivity index (χ0n) is 9.93. The summed E-state index contributed by atoms with van der Waals surface area (Å²) >= 11 is 0. The Morgan fingerprint density at radius 2 is 2.06 bits per heavy atom. The second-order valence-electron chi connectivity index (χ2n) is 4.42. The number of rotatable bonds is 5. The molecular formula is C13H19N3O. The van der Waals surface area contributed by atoms with Gasteiger partial charge in [0, 0.05) is 25.7 Å². The van der Waals surface area contributed by atoms with Gasteiger partial charge in [0.15, 0.2) is 0 Å². The molecular weight excluding hydrogens is 214 g/mol. The van der Waals surface area contributed by atoms with Crippen molar-refractivity contribution in [3.63, 3.8) is 0 Å². The van der Waals surface area contributed by atoms with E-state index in [2.05, 4.69) is 5.32 Å². The van der Waals surface area contributed by atoms with Gasteiger partial charge in [0.25, 0.3) is 0 Å². The van der Waals surface area contributed by atoms with Crippen molar-refractivity contribution in [2.75, 3.05) is 13.1 Å². The monoisotopic (exact) mass is 233 g/mol. The van der Waals surface area contributed by atoms with Gasteiger partial charge in [-0.3, -0.25) is 0 Å². The van der Waals surface area contributed by atoms with Crippen LogP contribution in [0.1, 0.15) is 18.4 Å². The van der Waals surface area contributed by atoms with E-state index in [4.69, 9.17) is 5.73 Å². The van der Waals surface area contributed by atoms with Gasteiger partial charge in [-0.1, -0.05) is 30.3 Å². The molecule has 0 aliphatic heterocycles. The molecule has 0 spiro atoms. The number of carbonyl (C=O) groups excluding carboxylic acids is 1. The molecule has 0 bridgehead atoms. The first-order valence-electron chi connectivity index (χ1n) is 6.09. The molecule has 1 saturated carbocycles. The van der Waals surface area contributed by atoms with Gasteiger partial charge in [-0.2, -0.15) is 0 Å². The molecule has 1 aromatic rings. The number of urea groups is 1. The Morgan fingerprint density at radius 1 is 1.35 bits per heavy atom. The molecule has 1 aliphatic rings. The zero-order chi connectivity index (χ0) is 12.1. The van der Waals surface area contributed by atoms with Crippen molar-refractivity contribution < 1.29 is 4.79 Å². The summed E-state index contributed by atoms with van der Waals surface area (Å²) in [7, 11) is 0. The first-order valence-corrected chi connectivity index (χ1v) is 6.09.